The molecule has 0 saturated carbocycles. The maximum atomic E-state index is 14.4. The molecule has 1 aromatic carbocycles. The van der Waals surface area contributed by atoms with E-state index in [1.165, 1.54) is 18.3 Å². The van der Waals surface area contributed by atoms with E-state index in [9.17, 15) is 13.7 Å². The molecule has 1 N–H and O–H groups in total. The van der Waals surface area contributed by atoms with Crippen LogP contribution in [0.25, 0.3) is 11.0 Å². The van der Waals surface area contributed by atoms with E-state index in [0.717, 1.165) is 31.6 Å². The number of halogens is 1. The number of nitrogens with zero attached hydrogens (tertiary/aromatic N) is 3. The average Bonchev–Trinajstić information content (AvgIpc) is 3.24. The highest BCUT2D eigenvalue weighted by atomic mass is 32.2. The SMILES string of the molecule is O=C(N[S+]([O-])c1cnn2c1OCCC2)c1cc2c(F)cc(N3CCC3)cc2o1. The van der Waals surface area contributed by atoms with E-state index in [-0.39, 0.29) is 21.6 Å². The maximum absolute atomic E-state index is 14.4. The number of hydrogen-bond acceptors (Lipinski definition) is 6. The molecule has 146 valence electrons. The molecule has 0 bridgehead atoms. The summed E-state index contributed by atoms with van der Waals surface area (Å²) in [5.41, 5.74) is 1.01. The van der Waals surface area contributed by atoms with Crippen molar-refractivity contribution in [3.05, 3.63) is 36.0 Å². The van der Waals surface area contributed by atoms with Crippen LogP contribution < -0.4 is 14.4 Å². The fourth-order valence-corrected chi connectivity index (χ4v) is 4.16. The molecule has 2 aromatic heterocycles. The molecular formula is C18H17FN4O4S. The molecular weight excluding hydrogens is 387 g/mol. The first kappa shape index (κ1) is 17.4. The number of hydrogen-bond donors (Lipinski definition) is 1. The summed E-state index contributed by atoms with van der Waals surface area (Å²) in [6.07, 6.45) is 3.30. The van der Waals surface area contributed by atoms with Crippen LogP contribution in [0, 0.1) is 5.82 Å². The van der Waals surface area contributed by atoms with Crippen LogP contribution in [-0.4, -0.2) is 39.9 Å². The molecule has 28 heavy (non-hydrogen) atoms. The van der Waals surface area contributed by atoms with E-state index in [1.54, 1.807) is 10.7 Å². The van der Waals surface area contributed by atoms with Crippen molar-refractivity contribution in [3.63, 3.8) is 0 Å². The van der Waals surface area contributed by atoms with Gasteiger partial charge in [0.05, 0.1) is 12.0 Å². The van der Waals surface area contributed by atoms with E-state index in [0.29, 0.717) is 19.0 Å². The number of carbonyl (C=O) groups is 1. The Morgan fingerprint density at radius 1 is 1.25 bits per heavy atom. The molecule has 1 atom stereocenters. The Labute approximate surface area is 162 Å². The second kappa shape index (κ2) is 6.71. The minimum Gasteiger partial charge on any atom is -0.588 e. The highest BCUT2D eigenvalue weighted by Crippen LogP contribution is 2.31. The zero-order chi connectivity index (χ0) is 19.3. The van der Waals surface area contributed by atoms with Crippen molar-refractivity contribution >= 4 is 33.9 Å². The Bertz CT molecular complexity index is 1060. The summed E-state index contributed by atoms with van der Waals surface area (Å²) in [6, 6.07) is 4.47. The normalized spacial score (nSPS) is 17.0. The van der Waals surface area contributed by atoms with Gasteiger partial charge >= 0.3 is 5.91 Å². The van der Waals surface area contributed by atoms with Gasteiger partial charge in [-0.1, -0.05) is 0 Å². The van der Waals surface area contributed by atoms with Gasteiger partial charge in [0.15, 0.2) is 5.76 Å². The van der Waals surface area contributed by atoms with Gasteiger partial charge in [-0.3, -0.25) is 4.79 Å². The summed E-state index contributed by atoms with van der Waals surface area (Å²) >= 11 is -1.87. The Morgan fingerprint density at radius 2 is 2.11 bits per heavy atom. The lowest BCUT2D eigenvalue weighted by atomic mass is 10.1. The van der Waals surface area contributed by atoms with Crippen LogP contribution >= 0.6 is 0 Å². The predicted octanol–water partition coefficient (Wildman–Crippen LogP) is 2.21. The zero-order valence-electron chi connectivity index (χ0n) is 14.8. The molecule has 1 saturated heterocycles. The lowest BCUT2D eigenvalue weighted by molar-refractivity contribution is 0.0956. The van der Waals surface area contributed by atoms with Gasteiger partial charge in [0.1, 0.15) is 29.0 Å². The number of fused-ring (bicyclic) bond motifs is 2. The largest absolute Gasteiger partial charge is 0.588 e. The number of ether oxygens (including phenoxy) is 1. The van der Waals surface area contributed by atoms with E-state index >= 15 is 0 Å². The molecule has 0 spiro atoms. The summed E-state index contributed by atoms with van der Waals surface area (Å²) in [7, 11) is 0. The first-order chi connectivity index (χ1) is 13.6. The van der Waals surface area contributed by atoms with Crippen LogP contribution in [0.15, 0.2) is 33.7 Å². The average molecular weight is 404 g/mol. The Morgan fingerprint density at radius 3 is 2.89 bits per heavy atom. The highest BCUT2D eigenvalue weighted by molar-refractivity contribution is 7.90. The first-order valence-electron chi connectivity index (χ1n) is 8.99. The van der Waals surface area contributed by atoms with E-state index in [2.05, 4.69) is 9.82 Å². The van der Waals surface area contributed by atoms with E-state index in [4.69, 9.17) is 9.15 Å². The van der Waals surface area contributed by atoms with Crippen molar-refractivity contribution in [2.45, 2.75) is 24.3 Å². The van der Waals surface area contributed by atoms with Crippen LogP contribution in [0.1, 0.15) is 23.4 Å². The third-order valence-electron chi connectivity index (χ3n) is 4.91. The lowest BCUT2D eigenvalue weighted by Gasteiger charge is -2.33. The molecule has 8 nitrogen and oxygen atoms in total. The number of carbonyl (C=O) groups excluding carboxylic acids is 1. The highest BCUT2D eigenvalue weighted by Gasteiger charge is 2.29. The molecule has 2 aliphatic rings. The molecule has 0 radical (unpaired) electrons. The number of rotatable bonds is 4. The van der Waals surface area contributed by atoms with Crippen LogP contribution in [0.2, 0.25) is 0 Å². The quantitative estimate of drug-likeness (QED) is 0.670. The van der Waals surface area contributed by atoms with Gasteiger partial charge in [0, 0.05) is 43.9 Å². The van der Waals surface area contributed by atoms with Crippen LogP contribution in [0.4, 0.5) is 10.1 Å². The van der Waals surface area contributed by atoms with E-state index < -0.39 is 23.1 Å². The summed E-state index contributed by atoms with van der Waals surface area (Å²) in [4.78, 5) is 14.8. The predicted molar refractivity (Wildman–Crippen MR) is 99.2 cm³/mol. The third kappa shape index (κ3) is 2.89. The molecule has 0 aliphatic carbocycles. The molecule has 1 fully saturated rings. The lowest BCUT2D eigenvalue weighted by Crippen LogP contribution is -2.36. The molecule has 5 rings (SSSR count). The molecule has 2 aliphatic heterocycles. The van der Waals surface area contributed by atoms with Crippen molar-refractivity contribution in [1.82, 2.24) is 14.5 Å². The zero-order valence-corrected chi connectivity index (χ0v) is 15.6. The van der Waals surface area contributed by atoms with Crippen molar-refractivity contribution in [1.29, 1.82) is 0 Å². The van der Waals surface area contributed by atoms with Gasteiger partial charge in [-0.05, 0) is 12.5 Å². The number of nitrogens with one attached hydrogen (secondary N) is 1. The number of furan rings is 1. The monoisotopic (exact) mass is 404 g/mol. The minimum absolute atomic E-state index is 0.107. The van der Waals surface area contributed by atoms with Crippen LogP contribution in [0.3, 0.4) is 0 Å². The summed E-state index contributed by atoms with van der Waals surface area (Å²) in [5.74, 6) is -0.873. The summed E-state index contributed by atoms with van der Waals surface area (Å²) in [5, 5.41) is 4.33. The van der Waals surface area contributed by atoms with Gasteiger partial charge in [0.25, 0.3) is 10.8 Å². The molecule has 3 aromatic rings. The van der Waals surface area contributed by atoms with Gasteiger partial charge in [0.2, 0.25) is 0 Å². The minimum atomic E-state index is -1.87. The smallest absolute Gasteiger partial charge is 0.328 e. The van der Waals surface area contributed by atoms with Crippen molar-refractivity contribution < 1.29 is 22.9 Å². The molecule has 1 amide bonds. The van der Waals surface area contributed by atoms with Gasteiger partial charge < -0.3 is 18.6 Å². The van der Waals surface area contributed by atoms with Gasteiger partial charge in [-0.15, -0.1) is 0 Å². The second-order valence-corrected chi connectivity index (χ2v) is 7.91. The number of aryl methyl sites for hydroxylation is 1. The van der Waals surface area contributed by atoms with Crippen LogP contribution in [-0.2, 0) is 17.9 Å². The Hall–Kier alpha value is -2.72. The number of amides is 1. The first-order valence-corrected chi connectivity index (χ1v) is 10.1. The third-order valence-corrected chi connectivity index (χ3v) is 5.96. The van der Waals surface area contributed by atoms with Gasteiger partial charge in [-0.25, -0.2) is 9.07 Å². The molecule has 10 heteroatoms. The molecule has 4 heterocycles. The Balaban J connectivity index is 1.38. The summed E-state index contributed by atoms with van der Waals surface area (Å²) in [6.45, 7) is 2.92. The Kier molecular flexibility index (Phi) is 4.17. The van der Waals surface area contributed by atoms with Crippen LogP contribution in [0.5, 0.6) is 5.88 Å². The van der Waals surface area contributed by atoms with Crippen molar-refractivity contribution in [2.75, 3.05) is 24.6 Å². The number of anilines is 1. The number of benzene rings is 1. The molecule has 1 unspecified atom stereocenters. The standard InChI is InChI=1S/C18H17FN4O4S/c19-13-7-11(22-3-1-4-22)8-14-12(13)9-15(27-14)17(24)21-28(25)16-10-20-23-5-2-6-26-18(16)23/h7-10H,1-6H2,(H,21,24). The fourth-order valence-electron chi connectivity index (χ4n) is 3.31. The summed E-state index contributed by atoms with van der Waals surface area (Å²) < 4.78 is 42.0. The topological polar surface area (TPSA) is 95.6 Å². The van der Waals surface area contributed by atoms with Crippen molar-refractivity contribution in [3.8, 4) is 5.88 Å². The van der Waals surface area contributed by atoms with E-state index in [1.807, 2.05) is 4.90 Å². The van der Waals surface area contributed by atoms with Gasteiger partial charge in [-0.2, -0.15) is 9.82 Å². The van der Waals surface area contributed by atoms with Crippen molar-refractivity contribution in [2.24, 2.45) is 0 Å². The number of aromatic nitrogens is 2. The fraction of sp³-hybridized carbons (Fsp3) is 0.333. The second-order valence-electron chi connectivity index (χ2n) is 6.73. The maximum Gasteiger partial charge on any atom is 0.328 e.